The van der Waals surface area contributed by atoms with E-state index in [4.69, 9.17) is 16.2 Å². The highest BCUT2D eigenvalue weighted by Crippen LogP contribution is 2.32. The topological polar surface area (TPSA) is 251 Å². The molecule has 4 aromatic heterocycles. The van der Waals surface area contributed by atoms with E-state index in [0.717, 1.165) is 6.07 Å². The van der Waals surface area contributed by atoms with Crippen LogP contribution in [0.4, 0.5) is 49.4 Å². The van der Waals surface area contributed by atoms with Crippen LogP contribution in [0, 0.1) is 5.82 Å². The van der Waals surface area contributed by atoms with Gasteiger partial charge in [0, 0.05) is 38.6 Å². The first-order valence-electron chi connectivity index (χ1n) is 17.8. The average Bonchev–Trinajstić information content (AvgIpc) is 3.88. The lowest BCUT2D eigenvalue weighted by Gasteiger charge is -2.16. The molecule has 2 aromatic carbocycles. The van der Waals surface area contributed by atoms with Gasteiger partial charge < -0.3 is 41.6 Å². The third kappa shape index (κ3) is 8.75. The van der Waals surface area contributed by atoms with Crippen LogP contribution in [-0.4, -0.2) is 92.6 Å². The van der Waals surface area contributed by atoms with Crippen molar-refractivity contribution in [1.82, 2.24) is 44.0 Å². The number of nitrogens with two attached hydrogens (primary N) is 2. The van der Waals surface area contributed by atoms with Gasteiger partial charge in [0.2, 0.25) is 21.9 Å². The van der Waals surface area contributed by atoms with Crippen LogP contribution in [0.5, 0.6) is 5.88 Å². The fraction of sp³-hybridized carbons (Fsp3) is 0.286. The zero-order chi connectivity index (χ0) is 41.1. The lowest BCUT2D eigenvalue weighted by molar-refractivity contribution is 0.0997. The number of sulfonamides is 1. The molecule has 7 rings (SSSR count). The minimum atomic E-state index is -3.83. The Kier molecular flexibility index (Phi) is 11.6. The van der Waals surface area contributed by atoms with Gasteiger partial charge in [0.1, 0.15) is 23.5 Å². The van der Waals surface area contributed by atoms with Gasteiger partial charge in [0.05, 0.1) is 52.8 Å². The smallest absolute Gasteiger partial charge is 0.256 e. The molecule has 0 unspecified atom stereocenters. The van der Waals surface area contributed by atoms with E-state index in [9.17, 15) is 22.0 Å². The number of methoxy groups -OCH3 is 1. The van der Waals surface area contributed by atoms with E-state index in [-0.39, 0.29) is 47.5 Å². The maximum Gasteiger partial charge on any atom is 0.256 e. The van der Waals surface area contributed by atoms with Gasteiger partial charge in [-0.3, -0.25) is 9.48 Å². The van der Waals surface area contributed by atoms with Crippen molar-refractivity contribution in [3.63, 3.8) is 0 Å². The molecule has 19 nitrogen and oxygen atoms in total. The highest BCUT2D eigenvalue weighted by atomic mass is 79.9. The van der Waals surface area contributed by atoms with Gasteiger partial charge in [-0.1, -0.05) is 6.07 Å². The molecule has 58 heavy (non-hydrogen) atoms. The number of hydrogen-bond donors (Lipinski definition) is 6. The number of ether oxygens (including phenoxy) is 1. The second-order valence-electron chi connectivity index (χ2n) is 13.2. The van der Waals surface area contributed by atoms with Crippen molar-refractivity contribution in [1.29, 1.82) is 0 Å². The molecule has 0 spiro atoms. The number of unbranched alkanes of at least 4 members (excludes halogenated alkanes) is 1. The number of nitrogens with one attached hydrogen (secondary N) is 4. The van der Waals surface area contributed by atoms with Crippen molar-refractivity contribution in [2.24, 2.45) is 18.5 Å². The molecule has 0 saturated carbocycles. The lowest BCUT2D eigenvalue weighted by Crippen LogP contribution is -2.30. The minimum Gasteiger partial charge on any atom is -0.478 e. The Balaban J connectivity index is 0.929. The summed E-state index contributed by atoms with van der Waals surface area (Å²) < 4.78 is 66.6. The predicted molar refractivity (Wildman–Crippen MR) is 216 cm³/mol. The molecule has 0 radical (unpaired) electrons. The van der Waals surface area contributed by atoms with Gasteiger partial charge >= 0.3 is 0 Å². The maximum absolute atomic E-state index is 14.3. The van der Waals surface area contributed by atoms with Gasteiger partial charge in [-0.15, -0.1) is 5.10 Å². The van der Waals surface area contributed by atoms with E-state index < -0.39 is 34.0 Å². The van der Waals surface area contributed by atoms with E-state index in [1.807, 2.05) is 0 Å². The molecule has 5 heterocycles. The fourth-order valence-corrected chi connectivity index (χ4v) is 7.48. The highest BCUT2D eigenvalue weighted by Gasteiger charge is 2.32. The van der Waals surface area contributed by atoms with E-state index in [1.165, 1.54) is 37.6 Å². The monoisotopic (exact) mass is 881 g/mol. The average molecular weight is 883 g/mol. The first kappa shape index (κ1) is 40.2. The van der Waals surface area contributed by atoms with Gasteiger partial charge in [0.15, 0.2) is 17.0 Å². The minimum absolute atomic E-state index is 0.0572. The van der Waals surface area contributed by atoms with Crippen molar-refractivity contribution >= 4 is 83.6 Å². The molecule has 304 valence electrons. The molecular weight excluding hydrogens is 844 g/mol. The number of nitrogens with zero attached hydrogens (tertiary/aromatic N) is 9. The fourth-order valence-electron chi connectivity index (χ4n) is 6.12. The Morgan fingerprint density at radius 1 is 1.02 bits per heavy atom. The quantitative estimate of drug-likeness (QED) is 0.0756. The number of aromatic nitrogens is 8. The Morgan fingerprint density at radius 2 is 1.79 bits per heavy atom. The van der Waals surface area contributed by atoms with Crippen molar-refractivity contribution in [3.8, 4) is 5.88 Å². The number of hydrogen-bond acceptors (Lipinski definition) is 15. The summed E-state index contributed by atoms with van der Waals surface area (Å²) in [5.41, 5.74) is 13.1. The molecule has 8 N–H and O–H groups in total. The van der Waals surface area contributed by atoms with Gasteiger partial charge in [-0.25, -0.2) is 31.9 Å². The number of carbonyl (C=O) groups excluding carboxylic acids is 1. The summed E-state index contributed by atoms with van der Waals surface area (Å²) in [5, 5.41) is 13.6. The summed E-state index contributed by atoms with van der Waals surface area (Å²) >= 11 is 3.34. The Labute approximate surface area is 338 Å². The van der Waals surface area contributed by atoms with Crippen LogP contribution in [0.25, 0.3) is 11.2 Å². The van der Waals surface area contributed by atoms with Crippen LogP contribution in [-0.2, 0) is 23.6 Å². The summed E-state index contributed by atoms with van der Waals surface area (Å²) in [4.78, 5) is 35.9. The number of carbonyl (C=O) groups is 1. The molecule has 23 heteroatoms. The Morgan fingerprint density at radius 3 is 2.52 bits per heavy atom. The molecule has 2 atom stereocenters. The first-order valence-corrected chi connectivity index (χ1v) is 20.0. The molecule has 0 bridgehead atoms. The highest BCUT2D eigenvalue weighted by molar-refractivity contribution is 9.10. The largest absolute Gasteiger partial charge is 0.478 e. The third-order valence-corrected chi connectivity index (χ3v) is 11.1. The van der Waals surface area contributed by atoms with Crippen LogP contribution in [0.1, 0.15) is 23.2 Å². The number of primary amides is 1. The van der Waals surface area contributed by atoms with Gasteiger partial charge in [-0.2, -0.15) is 15.0 Å². The molecule has 1 amide bonds. The van der Waals surface area contributed by atoms with Gasteiger partial charge in [0.25, 0.3) is 11.8 Å². The summed E-state index contributed by atoms with van der Waals surface area (Å²) in [6, 6.07) is 9.40. The van der Waals surface area contributed by atoms with E-state index in [2.05, 4.69) is 66.6 Å². The van der Waals surface area contributed by atoms with E-state index in [1.54, 1.807) is 45.9 Å². The van der Waals surface area contributed by atoms with Crippen LogP contribution in [0.15, 0.2) is 70.6 Å². The number of halogens is 3. The lowest BCUT2D eigenvalue weighted by atomic mass is 10.1. The second kappa shape index (κ2) is 16.8. The Hall–Kier alpha value is -6.04. The van der Waals surface area contributed by atoms with E-state index in [0.29, 0.717) is 64.0 Å². The number of anilines is 7. The summed E-state index contributed by atoms with van der Waals surface area (Å²) in [6.07, 6.45) is 4.72. The maximum atomic E-state index is 14.3. The van der Waals surface area contributed by atoms with Crippen LogP contribution in [0.2, 0.25) is 0 Å². The molecule has 0 aliphatic carbocycles. The number of fused-ring (bicyclic) bond motifs is 1. The first-order chi connectivity index (χ1) is 27.8. The second-order valence-corrected chi connectivity index (χ2v) is 15.8. The number of imidazole rings is 1. The molecular formula is C35H38BrF2N15O4S. The van der Waals surface area contributed by atoms with Crippen LogP contribution >= 0.6 is 15.9 Å². The molecule has 1 aliphatic heterocycles. The molecule has 1 fully saturated rings. The van der Waals surface area contributed by atoms with Crippen molar-refractivity contribution in [3.05, 3.63) is 77.0 Å². The summed E-state index contributed by atoms with van der Waals surface area (Å²) in [6.45, 7) is 0.999. The number of benzene rings is 2. The summed E-state index contributed by atoms with van der Waals surface area (Å²) in [5.74, 6) is -0.344. The van der Waals surface area contributed by atoms with Crippen molar-refractivity contribution in [2.45, 2.75) is 36.5 Å². The predicted octanol–water partition coefficient (Wildman–Crippen LogP) is 3.83. The zero-order valence-corrected chi connectivity index (χ0v) is 33.4. The standard InChI is InChI=1S/C35H38BrF2N15O4S/c1-51-18-42-28-31(48-35(49-32(28)51)52-15-23(38)24(39)16-52)46-26-17-53(50-33(26)57-2)13-4-3-12-43-58(55,56)20-10-8-19(9-11-20)44-34-41-14-21(36)30(47-34)45-25-7-5-6-22(37)27(25)29(40)54/h5-11,14,17-18,23-24,43H,3-4,12-13,15-16,39H2,1-2H3,(H2,40,54)(H,46,48,49)(H2,41,44,45,47)/t23-,24-/m1/s1. The normalized spacial score (nSPS) is 15.5. The Bertz CT molecular complexity index is 2560. The molecule has 1 saturated heterocycles. The zero-order valence-electron chi connectivity index (χ0n) is 31.0. The van der Waals surface area contributed by atoms with E-state index >= 15 is 0 Å². The number of rotatable bonds is 16. The SMILES string of the molecule is COc1nn(CCCCNS(=O)(=O)c2ccc(Nc3ncc(Br)c(Nc4cccc(F)c4C(N)=O)n3)cc2)cc1Nc1nc(N2C[C@@H](N)[C@H](F)C2)nc2c1ncn2C. The molecule has 1 aliphatic rings. The van der Waals surface area contributed by atoms with Gasteiger partial charge in [-0.05, 0) is 65.2 Å². The number of amides is 1. The van der Waals surface area contributed by atoms with Crippen molar-refractivity contribution in [2.75, 3.05) is 47.6 Å². The summed E-state index contributed by atoms with van der Waals surface area (Å²) in [7, 11) is -0.532. The number of alkyl halides is 1. The van der Waals surface area contributed by atoms with Crippen molar-refractivity contribution < 1.29 is 26.7 Å². The molecule has 6 aromatic rings. The van der Waals surface area contributed by atoms with Crippen LogP contribution in [0.3, 0.4) is 0 Å². The van der Waals surface area contributed by atoms with Crippen LogP contribution < -0.4 is 41.8 Å². The number of aryl methyl sites for hydroxylation is 2. The third-order valence-electron chi connectivity index (χ3n) is 9.08.